The molecule has 0 saturated carbocycles. The largest absolute Gasteiger partial charge is 0.482 e. The van der Waals surface area contributed by atoms with Gasteiger partial charge < -0.3 is 20.1 Å². The Morgan fingerprint density at radius 2 is 2.12 bits per heavy atom. The highest BCUT2D eigenvalue weighted by molar-refractivity contribution is 7.07. The van der Waals surface area contributed by atoms with Crippen LogP contribution in [0.25, 0.3) is 0 Å². The second-order valence-electron chi connectivity index (χ2n) is 5.25. The number of carbonyl (C=O) groups excluding carboxylic acids is 1. The van der Waals surface area contributed by atoms with E-state index in [1.807, 2.05) is 16.8 Å². The Morgan fingerprint density at radius 1 is 1.35 bits per heavy atom. The maximum Gasteiger partial charge on any atom is 0.422 e. The molecule has 10 heteroatoms. The number of urea groups is 1. The highest BCUT2D eigenvalue weighted by atomic mass is 35.5. The van der Waals surface area contributed by atoms with Gasteiger partial charge in [-0.05, 0) is 34.5 Å². The van der Waals surface area contributed by atoms with E-state index < -0.39 is 18.8 Å². The fourth-order valence-corrected chi connectivity index (χ4v) is 2.87. The number of thiophene rings is 1. The number of alkyl halides is 3. The first kappa shape index (κ1) is 20.3. The van der Waals surface area contributed by atoms with Crippen molar-refractivity contribution in [2.45, 2.75) is 12.7 Å². The van der Waals surface area contributed by atoms with Crippen molar-refractivity contribution in [3.63, 3.8) is 0 Å². The van der Waals surface area contributed by atoms with E-state index in [-0.39, 0.29) is 36.2 Å². The van der Waals surface area contributed by atoms with Crippen LogP contribution in [0.5, 0.6) is 5.75 Å². The summed E-state index contributed by atoms with van der Waals surface area (Å²) in [5.74, 6) is -0.192. The zero-order chi connectivity index (χ0) is 19.2. The van der Waals surface area contributed by atoms with Crippen molar-refractivity contribution in [1.29, 1.82) is 0 Å². The predicted octanol–water partition coefficient (Wildman–Crippen LogP) is 4.37. The fraction of sp³-hybridized carbons (Fsp3) is 0.312. The number of rotatable bonds is 7. The first-order chi connectivity index (χ1) is 12.3. The molecule has 0 atom stereocenters. The molecule has 26 heavy (non-hydrogen) atoms. The summed E-state index contributed by atoms with van der Waals surface area (Å²) in [6.07, 6.45) is -4.52. The van der Waals surface area contributed by atoms with Gasteiger partial charge in [-0.2, -0.15) is 24.5 Å². The van der Waals surface area contributed by atoms with Gasteiger partial charge in [0.05, 0.1) is 12.3 Å². The number of nitrogens with zero attached hydrogens (tertiary/aromatic N) is 1. The number of ether oxygens (including phenoxy) is 1. The summed E-state index contributed by atoms with van der Waals surface area (Å²) < 4.78 is 41.9. The summed E-state index contributed by atoms with van der Waals surface area (Å²) >= 11 is 7.26. The molecular weight excluding hydrogens is 393 g/mol. The van der Waals surface area contributed by atoms with Crippen LogP contribution in [0.3, 0.4) is 0 Å². The molecule has 2 rings (SSSR count). The highest BCUT2D eigenvalue weighted by Gasteiger charge is 2.29. The number of benzene rings is 1. The predicted molar refractivity (Wildman–Crippen MR) is 93.8 cm³/mol. The average Bonchev–Trinajstić information content (AvgIpc) is 3.07. The Bertz CT molecular complexity index is 726. The topological polar surface area (TPSA) is 61.8 Å². The molecule has 0 radical (unpaired) electrons. The van der Waals surface area contributed by atoms with Gasteiger partial charge in [-0.1, -0.05) is 11.6 Å². The SMILES string of the molecule is O=C(Nc1ccc(Cl)cc1OCC(F)(F)F)N(CCO)Cc1ccsc1. The minimum Gasteiger partial charge on any atom is -0.482 e. The third kappa shape index (κ3) is 6.40. The lowest BCUT2D eigenvalue weighted by Gasteiger charge is -2.23. The molecule has 2 aromatic rings. The van der Waals surface area contributed by atoms with Crippen LogP contribution in [-0.4, -0.2) is 42.0 Å². The molecule has 1 aromatic heterocycles. The van der Waals surface area contributed by atoms with Crippen molar-refractivity contribution < 1.29 is 27.8 Å². The van der Waals surface area contributed by atoms with Gasteiger partial charge in [0.1, 0.15) is 5.75 Å². The van der Waals surface area contributed by atoms with Crippen LogP contribution in [-0.2, 0) is 6.54 Å². The van der Waals surface area contributed by atoms with E-state index in [0.29, 0.717) is 0 Å². The maximum absolute atomic E-state index is 12.5. The highest BCUT2D eigenvalue weighted by Crippen LogP contribution is 2.30. The molecule has 0 bridgehead atoms. The molecule has 1 aromatic carbocycles. The first-order valence-electron chi connectivity index (χ1n) is 7.45. The molecule has 0 aliphatic heterocycles. The summed E-state index contributed by atoms with van der Waals surface area (Å²) in [5.41, 5.74) is 0.931. The number of anilines is 1. The number of nitrogens with one attached hydrogen (secondary N) is 1. The normalized spacial score (nSPS) is 11.3. The van der Waals surface area contributed by atoms with E-state index in [9.17, 15) is 18.0 Å². The number of hydrogen-bond acceptors (Lipinski definition) is 4. The molecule has 0 fully saturated rings. The van der Waals surface area contributed by atoms with E-state index in [1.54, 1.807) is 0 Å². The van der Waals surface area contributed by atoms with Crippen molar-refractivity contribution in [2.75, 3.05) is 25.1 Å². The maximum atomic E-state index is 12.5. The van der Waals surface area contributed by atoms with Gasteiger partial charge >= 0.3 is 12.2 Å². The van der Waals surface area contributed by atoms with Crippen molar-refractivity contribution in [2.24, 2.45) is 0 Å². The summed E-state index contributed by atoms with van der Waals surface area (Å²) in [6.45, 7) is -1.45. The zero-order valence-electron chi connectivity index (χ0n) is 13.4. The molecule has 2 N–H and O–H groups in total. The third-order valence-corrected chi connectivity index (χ3v) is 4.15. The number of carbonyl (C=O) groups is 1. The van der Waals surface area contributed by atoms with Gasteiger partial charge in [0, 0.05) is 24.2 Å². The minimum absolute atomic E-state index is 0.0527. The van der Waals surface area contributed by atoms with Crippen LogP contribution < -0.4 is 10.1 Å². The standard InChI is InChI=1S/C16H16ClF3N2O3S/c17-12-1-2-13(14(7-12)25-10-16(18,19)20)21-15(24)22(4-5-23)8-11-3-6-26-9-11/h1-3,6-7,9,23H,4-5,8,10H2,(H,21,24). The van der Waals surface area contributed by atoms with Gasteiger partial charge in [0.25, 0.3) is 0 Å². The summed E-state index contributed by atoms with van der Waals surface area (Å²) in [4.78, 5) is 13.8. The molecule has 0 spiro atoms. The van der Waals surface area contributed by atoms with Crippen LogP contribution in [0.2, 0.25) is 5.02 Å². The van der Waals surface area contributed by atoms with E-state index in [2.05, 4.69) is 5.32 Å². The number of hydrogen-bond donors (Lipinski definition) is 2. The minimum atomic E-state index is -4.52. The molecule has 0 aliphatic rings. The van der Waals surface area contributed by atoms with Crippen molar-refractivity contribution in [3.05, 3.63) is 45.6 Å². The number of aliphatic hydroxyl groups is 1. The Kier molecular flexibility index (Phi) is 7.13. The molecular formula is C16H16ClF3N2O3S. The zero-order valence-corrected chi connectivity index (χ0v) is 15.0. The Hall–Kier alpha value is -1.97. The molecule has 142 valence electrons. The fourth-order valence-electron chi connectivity index (χ4n) is 2.05. The van der Waals surface area contributed by atoms with Gasteiger partial charge in [0.2, 0.25) is 0 Å². The number of aliphatic hydroxyl groups excluding tert-OH is 1. The first-order valence-corrected chi connectivity index (χ1v) is 8.77. The van der Waals surface area contributed by atoms with E-state index in [0.717, 1.165) is 5.56 Å². The second kappa shape index (κ2) is 9.11. The van der Waals surface area contributed by atoms with Gasteiger partial charge in [-0.25, -0.2) is 4.79 Å². The van der Waals surface area contributed by atoms with E-state index in [4.69, 9.17) is 21.4 Å². The van der Waals surface area contributed by atoms with Crippen LogP contribution in [0.1, 0.15) is 5.56 Å². The van der Waals surface area contributed by atoms with Crippen LogP contribution in [0, 0.1) is 0 Å². The molecule has 0 saturated heterocycles. The Morgan fingerprint density at radius 3 is 2.73 bits per heavy atom. The van der Waals surface area contributed by atoms with E-state index in [1.165, 1.54) is 34.4 Å². The molecule has 2 amide bonds. The Labute approximate surface area is 156 Å². The average molecular weight is 409 g/mol. The summed E-state index contributed by atoms with van der Waals surface area (Å²) in [5, 5.41) is 15.5. The quantitative estimate of drug-likeness (QED) is 0.715. The second-order valence-corrected chi connectivity index (χ2v) is 6.47. The smallest absolute Gasteiger partial charge is 0.422 e. The van der Waals surface area contributed by atoms with Gasteiger partial charge in [-0.3, -0.25) is 0 Å². The van der Waals surface area contributed by atoms with E-state index >= 15 is 0 Å². The van der Waals surface area contributed by atoms with Crippen LogP contribution in [0.4, 0.5) is 23.7 Å². The van der Waals surface area contributed by atoms with Gasteiger partial charge in [-0.15, -0.1) is 0 Å². The van der Waals surface area contributed by atoms with Gasteiger partial charge in [0.15, 0.2) is 6.61 Å². The molecule has 1 heterocycles. The number of amides is 2. The van der Waals surface area contributed by atoms with Crippen LogP contribution in [0.15, 0.2) is 35.0 Å². The molecule has 5 nitrogen and oxygen atoms in total. The summed E-state index contributed by atoms with van der Waals surface area (Å²) in [7, 11) is 0. The third-order valence-electron chi connectivity index (χ3n) is 3.19. The lowest BCUT2D eigenvalue weighted by molar-refractivity contribution is -0.153. The van der Waals surface area contributed by atoms with Crippen LogP contribution >= 0.6 is 22.9 Å². The van der Waals surface area contributed by atoms with Crippen molar-refractivity contribution in [1.82, 2.24) is 4.90 Å². The molecule has 0 aliphatic carbocycles. The lowest BCUT2D eigenvalue weighted by atomic mass is 10.3. The van der Waals surface area contributed by atoms with Crippen molar-refractivity contribution >= 4 is 34.7 Å². The lowest BCUT2D eigenvalue weighted by Crippen LogP contribution is -2.36. The number of halogens is 4. The molecule has 0 unspecified atom stereocenters. The monoisotopic (exact) mass is 408 g/mol. The Balaban J connectivity index is 2.12. The summed E-state index contributed by atoms with van der Waals surface area (Å²) in [6, 6.07) is 5.23. The van der Waals surface area contributed by atoms with Crippen molar-refractivity contribution in [3.8, 4) is 5.75 Å².